The second kappa shape index (κ2) is 4.89. The lowest BCUT2D eigenvalue weighted by atomic mass is 10.2. The maximum Gasteiger partial charge on any atom is 0.356 e. The number of aromatic carboxylic acids is 1. The summed E-state index contributed by atoms with van der Waals surface area (Å²) in [6.45, 7) is 1.44. The van der Waals surface area contributed by atoms with Gasteiger partial charge in [-0.05, 0) is 12.8 Å². The van der Waals surface area contributed by atoms with E-state index >= 15 is 0 Å². The predicted molar refractivity (Wildman–Crippen MR) is 56.5 cm³/mol. The average Bonchev–Trinajstić information content (AvgIpc) is 2.79. The monoisotopic (exact) mass is 223 g/mol. The predicted octanol–water partition coefficient (Wildman–Crippen LogP) is 0.766. The van der Waals surface area contributed by atoms with Crippen LogP contribution < -0.4 is 5.32 Å². The zero-order valence-corrected chi connectivity index (χ0v) is 8.72. The van der Waals surface area contributed by atoms with Gasteiger partial charge in [0.1, 0.15) is 5.82 Å². The number of carboxylic acids is 1. The largest absolute Gasteiger partial charge is 0.476 e. The summed E-state index contributed by atoms with van der Waals surface area (Å²) in [7, 11) is 0. The van der Waals surface area contributed by atoms with Gasteiger partial charge in [-0.2, -0.15) is 0 Å². The zero-order chi connectivity index (χ0) is 11.4. The van der Waals surface area contributed by atoms with E-state index in [1.54, 1.807) is 0 Å². The van der Waals surface area contributed by atoms with Crippen molar-refractivity contribution in [3.8, 4) is 0 Å². The summed E-state index contributed by atoms with van der Waals surface area (Å²) in [6.07, 6.45) is 5.02. The molecular weight excluding hydrogens is 210 g/mol. The van der Waals surface area contributed by atoms with Gasteiger partial charge in [0.15, 0.2) is 5.69 Å². The molecule has 1 saturated heterocycles. The van der Waals surface area contributed by atoms with E-state index < -0.39 is 5.97 Å². The molecule has 86 valence electrons. The molecule has 2 rings (SSSR count). The molecule has 0 spiro atoms. The minimum Gasteiger partial charge on any atom is -0.476 e. The molecule has 0 aromatic carbocycles. The molecule has 1 aromatic rings. The van der Waals surface area contributed by atoms with Crippen LogP contribution in [-0.2, 0) is 4.74 Å². The second-order valence-electron chi connectivity index (χ2n) is 3.61. The molecule has 1 atom stereocenters. The van der Waals surface area contributed by atoms with Gasteiger partial charge in [-0.1, -0.05) is 0 Å². The van der Waals surface area contributed by atoms with Crippen molar-refractivity contribution in [3.63, 3.8) is 0 Å². The van der Waals surface area contributed by atoms with Crippen molar-refractivity contribution in [2.45, 2.75) is 18.9 Å². The van der Waals surface area contributed by atoms with Crippen LogP contribution in [0.2, 0.25) is 0 Å². The quantitative estimate of drug-likeness (QED) is 0.784. The van der Waals surface area contributed by atoms with Crippen molar-refractivity contribution in [2.75, 3.05) is 18.5 Å². The fourth-order valence-electron chi connectivity index (χ4n) is 1.58. The first-order chi connectivity index (χ1) is 7.75. The fourth-order valence-corrected chi connectivity index (χ4v) is 1.58. The topological polar surface area (TPSA) is 84.3 Å². The lowest BCUT2D eigenvalue weighted by Gasteiger charge is -2.10. The van der Waals surface area contributed by atoms with Gasteiger partial charge >= 0.3 is 5.97 Å². The molecule has 1 fully saturated rings. The van der Waals surface area contributed by atoms with Gasteiger partial charge in [-0.15, -0.1) is 0 Å². The van der Waals surface area contributed by atoms with E-state index in [1.807, 2.05) is 0 Å². The van der Waals surface area contributed by atoms with Crippen LogP contribution in [0.25, 0.3) is 0 Å². The van der Waals surface area contributed by atoms with E-state index in [-0.39, 0.29) is 11.8 Å². The molecule has 0 saturated carbocycles. The summed E-state index contributed by atoms with van der Waals surface area (Å²) in [5.74, 6) is -0.608. The van der Waals surface area contributed by atoms with Crippen LogP contribution in [-0.4, -0.2) is 40.3 Å². The maximum atomic E-state index is 10.7. The number of hydrogen-bond acceptors (Lipinski definition) is 5. The third kappa shape index (κ3) is 2.66. The molecule has 6 nitrogen and oxygen atoms in total. The Bertz CT molecular complexity index is 377. The highest BCUT2D eigenvalue weighted by molar-refractivity contribution is 5.85. The summed E-state index contributed by atoms with van der Waals surface area (Å²) in [5, 5.41) is 11.8. The van der Waals surface area contributed by atoms with E-state index in [0.29, 0.717) is 12.4 Å². The van der Waals surface area contributed by atoms with Gasteiger partial charge in [0, 0.05) is 13.2 Å². The summed E-state index contributed by atoms with van der Waals surface area (Å²) >= 11 is 0. The van der Waals surface area contributed by atoms with Gasteiger partial charge < -0.3 is 15.2 Å². The molecule has 1 unspecified atom stereocenters. The van der Waals surface area contributed by atoms with Crippen molar-refractivity contribution >= 4 is 11.8 Å². The van der Waals surface area contributed by atoms with E-state index in [1.165, 1.54) is 12.4 Å². The van der Waals surface area contributed by atoms with Crippen molar-refractivity contribution < 1.29 is 14.6 Å². The maximum absolute atomic E-state index is 10.7. The van der Waals surface area contributed by atoms with E-state index in [0.717, 1.165) is 19.4 Å². The minimum atomic E-state index is -1.08. The number of ether oxygens (including phenoxy) is 1. The zero-order valence-electron chi connectivity index (χ0n) is 8.72. The van der Waals surface area contributed by atoms with Crippen LogP contribution in [0, 0.1) is 0 Å². The van der Waals surface area contributed by atoms with Crippen LogP contribution >= 0.6 is 0 Å². The molecule has 1 aromatic heterocycles. The highest BCUT2D eigenvalue weighted by atomic mass is 16.5. The number of nitrogens with one attached hydrogen (secondary N) is 1. The van der Waals surface area contributed by atoms with Gasteiger partial charge in [-0.3, -0.25) is 4.98 Å². The SMILES string of the molecule is O=C(O)c1cncc(NCC2CCCO2)n1. The molecular formula is C10H13N3O3. The normalized spacial score (nSPS) is 19.6. The number of anilines is 1. The van der Waals surface area contributed by atoms with Gasteiger partial charge in [0.25, 0.3) is 0 Å². The Labute approximate surface area is 92.7 Å². The van der Waals surface area contributed by atoms with Gasteiger partial charge in [0.05, 0.1) is 18.5 Å². The highest BCUT2D eigenvalue weighted by Gasteiger charge is 2.15. The molecule has 0 aliphatic carbocycles. The first-order valence-electron chi connectivity index (χ1n) is 5.16. The second-order valence-corrected chi connectivity index (χ2v) is 3.61. The Morgan fingerprint density at radius 1 is 1.62 bits per heavy atom. The molecule has 1 aliphatic rings. The van der Waals surface area contributed by atoms with E-state index in [2.05, 4.69) is 15.3 Å². The first-order valence-corrected chi connectivity index (χ1v) is 5.16. The van der Waals surface area contributed by atoms with Crippen LogP contribution in [0.4, 0.5) is 5.82 Å². The van der Waals surface area contributed by atoms with Crippen LogP contribution in [0.15, 0.2) is 12.4 Å². The Morgan fingerprint density at radius 3 is 3.19 bits per heavy atom. The highest BCUT2D eigenvalue weighted by Crippen LogP contribution is 2.12. The van der Waals surface area contributed by atoms with Gasteiger partial charge in [0.2, 0.25) is 0 Å². The third-order valence-electron chi connectivity index (χ3n) is 2.39. The number of carbonyl (C=O) groups is 1. The van der Waals surface area contributed by atoms with Gasteiger partial charge in [-0.25, -0.2) is 9.78 Å². The Morgan fingerprint density at radius 2 is 2.50 bits per heavy atom. The first kappa shape index (κ1) is 10.8. The minimum absolute atomic E-state index is 0.0580. The molecule has 2 heterocycles. The van der Waals surface area contributed by atoms with Crippen molar-refractivity contribution in [1.82, 2.24) is 9.97 Å². The van der Waals surface area contributed by atoms with Crippen LogP contribution in [0.3, 0.4) is 0 Å². The van der Waals surface area contributed by atoms with E-state index in [4.69, 9.17) is 9.84 Å². The van der Waals surface area contributed by atoms with Crippen molar-refractivity contribution in [2.24, 2.45) is 0 Å². The number of nitrogens with zero attached hydrogens (tertiary/aromatic N) is 2. The molecule has 0 bridgehead atoms. The van der Waals surface area contributed by atoms with Crippen molar-refractivity contribution in [1.29, 1.82) is 0 Å². The smallest absolute Gasteiger partial charge is 0.356 e. The van der Waals surface area contributed by atoms with E-state index in [9.17, 15) is 4.79 Å². The molecule has 6 heteroatoms. The van der Waals surface area contributed by atoms with Crippen LogP contribution in [0.5, 0.6) is 0 Å². The average molecular weight is 223 g/mol. The molecule has 0 amide bonds. The Hall–Kier alpha value is -1.69. The standard InChI is InChI=1S/C10H13N3O3/c14-10(15)8-5-11-6-9(13-8)12-4-7-2-1-3-16-7/h5-7H,1-4H2,(H,12,13)(H,14,15). The van der Waals surface area contributed by atoms with Crippen LogP contribution in [0.1, 0.15) is 23.3 Å². The Balaban J connectivity index is 1.93. The van der Waals surface area contributed by atoms with Crippen molar-refractivity contribution in [3.05, 3.63) is 18.1 Å². The molecule has 2 N–H and O–H groups in total. The summed E-state index contributed by atoms with van der Waals surface area (Å²) in [4.78, 5) is 18.4. The summed E-state index contributed by atoms with van der Waals surface area (Å²) in [6, 6.07) is 0. The third-order valence-corrected chi connectivity index (χ3v) is 2.39. The number of carboxylic acid groups (broad SMARTS) is 1. The summed E-state index contributed by atoms with van der Waals surface area (Å²) in [5.41, 5.74) is -0.0580. The fraction of sp³-hybridized carbons (Fsp3) is 0.500. The number of rotatable bonds is 4. The molecule has 16 heavy (non-hydrogen) atoms. The molecule has 0 radical (unpaired) electrons. The molecule has 1 aliphatic heterocycles. The lowest BCUT2D eigenvalue weighted by Crippen LogP contribution is -2.19. The lowest BCUT2D eigenvalue weighted by molar-refractivity contribution is 0.0690. The number of aromatic nitrogens is 2. The Kier molecular flexibility index (Phi) is 3.31. The number of hydrogen-bond donors (Lipinski definition) is 2. The summed E-state index contributed by atoms with van der Waals surface area (Å²) < 4.78 is 5.43.